The Morgan fingerprint density at radius 1 is 1.00 bits per heavy atom. The second-order valence-corrected chi connectivity index (χ2v) is 12.8. The van der Waals surface area contributed by atoms with Gasteiger partial charge in [-0.15, -0.1) is 0 Å². The van der Waals surface area contributed by atoms with E-state index in [4.69, 9.17) is 23.9 Å². The van der Waals surface area contributed by atoms with Gasteiger partial charge in [-0.2, -0.15) is 0 Å². The van der Waals surface area contributed by atoms with E-state index >= 15 is 0 Å². The molecule has 9 nitrogen and oxygen atoms in total. The molecule has 1 amide bonds. The molecule has 1 aliphatic carbocycles. The number of methoxy groups -OCH3 is 1. The fraction of sp³-hybridized carbons (Fsp3) is 0.516. The number of likely N-dealkylation sites (N-methyl/N-ethyl adjacent to an activating group) is 1. The van der Waals surface area contributed by atoms with E-state index in [-0.39, 0.29) is 18.3 Å². The summed E-state index contributed by atoms with van der Waals surface area (Å²) < 4.78 is 23.7. The number of ether oxygens (including phenoxy) is 4. The Balaban J connectivity index is 1.54. The van der Waals surface area contributed by atoms with Gasteiger partial charge < -0.3 is 23.8 Å². The van der Waals surface area contributed by atoms with E-state index in [2.05, 4.69) is 4.90 Å². The zero-order valence-electron chi connectivity index (χ0n) is 25.1. The van der Waals surface area contributed by atoms with Crippen molar-refractivity contribution in [3.8, 4) is 11.5 Å². The van der Waals surface area contributed by atoms with Crippen LogP contribution in [0.4, 0.5) is 5.13 Å². The van der Waals surface area contributed by atoms with Crippen LogP contribution in [0.1, 0.15) is 38.3 Å². The maximum Gasteiger partial charge on any atom is 0.307 e. The van der Waals surface area contributed by atoms with Crippen LogP contribution in [0, 0.1) is 5.41 Å². The third-order valence-corrected chi connectivity index (χ3v) is 8.05. The standard InChI is InChI=1S/C31H41N3O6S/c1-30(2,3)40-27(35)20-31(18-21-10-8-9-11-22(21)19-31)28(36)34(6)29-32-23-16-25(24(37-7)17-26(23)41-29)39-15-14-38-13-12-33(4)5/h8-11,16-17H,12-15,18-20H2,1-7H3. The van der Waals surface area contributed by atoms with Gasteiger partial charge in [0, 0.05) is 25.7 Å². The number of thiazole rings is 1. The molecule has 0 saturated heterocycles. The molecule has 0 unspecified atom stereocenters. The van der Waals surface area contributed by atoms with Crippen LogP contribution in [-0.4, -0.2) is 82.0 Å². The number of nitrogens with zero attached hydrogens (tertiary/aromatic N) is 3. The number of anilines is 1. The first-order chi connectivity index (χ1) is 19.4. The van der Waals surface area contributed by atoms with Gasteiger partial charge in [-0.3, -0.25) is 14.5 Å². The first kappa shape index (κ1) is 30.7. The molecule has 10 heteroatoms. The number of fused-ring (bicyclic) bond motifs is 2. The van der Waals surface area contributed by atoms with E-state index in [1.54, 1.807) is 19.1 Å². The van der Waals surface area contributed by atoms with Crippen molar-refractivity contribution < 1.29 is 28.5 Å². The number of carbonyl (C=O) groups is 2. The molecule has 3 aromatic rings. The van der Waals surface area contributed by atoms with Crippen LogP contribution in [0.15, 0.2) is 36.4 Å². The highest BCUT2D eigenvalue weighted by Gasteiger charge is 2.48. The molecule has 0 N–H and O–H groups in total. The van der Waals surface area contributed by atoms with Crippen LogP contribution >= 0.6 is 11.3 Å². The van der Waals surface area contributed by atoms with Crippen molar-refractivity contribution in [3.05, 3.63) is 47.5 Å². The van der Waals surface area contributed by atoms with Crippen LogP contribution < -0.4 is 14.4 Å². The van der Waals surface area contributed by atoms with Crippen molar-refractivity contribution >= 4 is 38.6 Å². The Kier molecular flexibility index (Phi) is 9.56. The topological polar surface area (TPSA) is 90.4 Å². The highest BCUT2D eigenvalue weighted by Crippen LogP contribution is 2.44. The molecule has 0 atom stereocenters. The van der Waals surface area contributed by atoms with Crippen molar-refractivity contribution in [1.29, 1.82) is 0 Å². The maximum absolute atomic E-state index is 14.2. The van der Waals surface area contributed by atoms with Gasteiger partial charge in [-0.05, 0) is 58.8 Å². The summed E-state index contributed by atoms with van der Waals surface area (Å²) in [6.07, 6.45) is 0.938. The third kappa shape index (κ3) is 7.55. The quantitative estimate of drug-likeness (QED) is 0.223. The maximum atomic E-state index is 14.2. The molecular formula is C31H41N3O6S. The van der Waals surface area contributed by atoms with Gasteiger partial charge >= 0.3 is 5.97 Å². The fourth-order valence-electron chi connectivity index (χ4n) is 5.04. The van der Waals surface area contributed by atoms with Crippen molar-refractivity contribution in [1.82, 2.24) is 9.88 Å². The van der Waals surface area contributed by atoms with E-state index in [1.807, 2.05) is 71.3 Å². The Bertz CT molecular complexity index is 1350. The number of esters is 1. The largest absolute Gasteiger partial charge is 0.493 e. The van der Waals surface area contributed by atoms with Gasteiger partial charge in [0.2, 0.25) is 5.91 Å². The summed E-state index contributed by atoms with van der Waals surface area (Å²) in [6, 6.07) is 11.7. The van der Waals surface area contributed by atoms with Gasteiger partial charge in [-0.1, -0.05) is 35.6 Å². The summed E-state index contributed by atoms with van der Waals surface area (Å²) in [6.45, 7) is 7.80. The Morgan fingerprint density at radius 2 is 1.68 bits per heavy atom. The van der Waals surface area contributed by atoms with E-state index in [9.17, 15) is 9.59 Å². The second-order valence-electron chi connectivity index (χ2n) is 11.8. The summed E-state index contributed by atoms with van der Waals surface area (Å²) in [5.41, 5.74) is 1.28. The average molecular weight is 584 g/mol. The number of hydrogen-bond acceptors (Lipinski definition) is 9. The molecule has 0 radical (unpaired) electrons. The number of hydrogen-bond donors (Lipinski definition) is 0. The van der Waals surface area contributed by atoms with Gasteiger partial charge in [0.1, 0.15) is 12.2 Å². The highest BCUT2D eigenvalue weighted by atomic mass is 32.1. The predicted molar refractivity (Wildman–Crippen MR) is 161 cm³/mol. The van der Waals surface area contributed by atoms with Crippen LogP contribution in [0.5, 0.6) is 11.5 Å². The molecule has 222 valence electrons. The molecular weight excluding hydrogens is 542 g/mol. The zero-order chi connectivity index (χ0) is 29.8. The van der Waals surface area contributed by atoms with Crippen LogP contribution in [0.25, 0.3) is 10.2 Å². The van der Waals surface area contributed by atoms with E-state index in [0.717, 1.165) is 22.4 Å². The Labute approximate surface area is 246 Å². The fourth-order valence-corrected chi connectivity index (χ4v) is 5.98. The third-order valence-electron chi connectivity index (χ3n) is 6.95. The molecule has 0 aliphatic heterocycles. The summed E-state index contributed by atoms with van der Waals surface area (Å²) in [7, 11) is 7.32. The van der Waals surface area contributed by atoms with Gasteiger partial charge in [-0.25, -0.2) is 4.98 Å². The lowest BCUT2D eigenvalue weighted by Crippen LogP contribution is -2.45. The molecule has 0 bridgehead atoms. The van der Waals surface area contributed by atoms with Crippen molar-refractivity contribution in [2.75, 3.05) is 59.5 Å². The van der Waals surface area contributed by atoms with Gasteiger partial charge in [0.15, 0.2) is 16.6 Å². The molecule has 4 rings (SSSR count). The van der Waals surface area contributed by atoms with Gasteiger partial charge in [0.05, 0.1) is 42.4 Å². The minimum Gasteiger partial charge on any atom is -0.493 e. The number of benzene rings is 2. The lowest BCUT2D eigenvalue weighted by atomic mass is 9.80. The average Bonchev–Trinajstić information content (AvgIpc) is 3.49. The van der Waals surface area contributed by atoms with Crippen molar-refractivity contribution in [3.63, 3.8) is 0 Å². The van der Waals surface area contributed by atoms with E-state index in [1.165, 1.54) is 11.3 Å². The van der Waals surface area contributed by atoms with Crippen molar-refractivity contribution in [2.45, 2.75) is 45.6 Å². The number of amides is 1. The number of carbonyl (C=O) groups excluding carboxylic acids is 2. The van der Waals surface area contributed by atoms with Crippen LogP contribution in [0.3, 0.4) is 0 Å². The SMILES string of the molecule is COc1cc2sc(N(C)C(=O)C3(CC(=O)OC(C)(C)C)Cc4ccccc4C3)nc2cc1OCCOCCN(C)C. The lowest BCUT2D eigenvalue weighted by Gasteiger charge is -2.31. The molecule has 41 heavy (non-hydrogen) atoms. The second kappa shape index (κ2) is 12.8. The molecule has 0 saturated carbocycles. The summed E-state index contributed by atoms with van der Waals surface area (Å²) in [5, 5.41) is 0.538. The molecule has 2 aromatic carbocycles. The molecule has 1 heterocycles. The Morgan fingerprint density at radius 3 is 2.29 bits per heavy atom. The number of aromatic nitrogens is 1. The molecule has 1 aliphatic rings. The van der Waals surface area contributed by atoms with Crippen LogP contribution in [0.2, 0.25) is 0 Å². The number of rotatable bonds is 12. The zero-order valence-corrected chi connectivity index (χ0v) is 25.9. The predicted octanol–water partition coefficient (Wildman–Crippen LogP) is 4.74. The minimum atomic E-state index is -0.947. The first-order valence-corrected chi connectivity index (χ1v) is 14.6. The van der Waals surface area contributed by atoms with E-state index in [0.29, 0.717) is 54.8 Å². The van der Waals surface area contributed by atoms with E-state index < -0.39 is 11.0 Å². The highest BCUT2D eigenvalue weighted by molar-refractivity contribution is 7.22. The van der Waals surface area contributed by atoms with Gasteiger partial charge in [0.25, 0.3) is 0 Å². The Hall–Kier alpha value is -3.21. The smallest absolute Gasteiger partial charge is 0.307 e. The molecule has 1 aromatic heterocycles. The summed E-state index contributed by atoms with van der Waals surface area (Å²) in [4.78, 5) is 35.6. The summed E-state index contributed by atoms with van der Waals surface area (Å²) >= 11 is 1.39. The first-order valence-electron chi connectivity index (χ1n) is 13.8. The normalized spacial score (nSPS) is 14.2. The monoisotopic (exact) mass is 583 g/mol. The minimum absolute atomic E-state index is 0.00452. The van der Waals surface area contributed by atoms with Crippen molar-refractivity contribution in [2.24, 2.45) is 5.41 Å². The summed E-state index contributed by atoms with van der Waals surface area (Å²) in [5.74, 6) is 0.614. The lowest BCUT2D eigenvalue weighted by molar-refractivity contribution is -0.159. The molecule has 0 fully saturated rings. The van der Waals surface area contributed by atoms with Crippen LogP contribution in [-0.2, 0) is 31.9 Å². The molecule has 0 spiro atoms.